The summed E-state index contributed by atoms with van der Waals surface area (Å²) < 4.78 is 21.5. The highest BCUT2D eigenvalue weighted by molar-refractivity contribution is 5.95. The summed E-state index contributed by atoms with van der Waals surface area (Å²) in [5.41, 5.74) is 1.23. The van der Waals surface area contributed by atoms with Crippen molar-refractivity contribution in [3.8, 4) is 11.5 Å². The fourth-order valence-corrected chi connectivity index (χ4v) is 4.15. The number of fused-ring (bicyclic) bond motifs is 3. The molecular formula is C32H32O8. The van der Waals surface area contributed by atoms with Gasteiger partial charge >= 0.3 is 23.9 Å². The molecule has 40 heavy (non-hydrogen) atoms. The van der Waals surface area contributed by atoms with Crippen molar-refractivity contribution >= 4 is 23.9 Å². The molecule has 0 saturated heterocycles. The maximum Gasteiger partial charge on any atom is 0.343 e. The van der Waals surface area contributed by atoms with Gasteiger partial charge in [0.1, 0.15) is 11.5 Å². The number of carbonyl (C=O) groups is 4. The maximum atomic E-state index is 12.5. The van der Waals surface area contributed by atoms with Crippen LogP contribution in [-0.2, 0) is 9.47 Å². The Kier molecular flexibility index (Phi) is 10.4. The Morgan fingerprint density at radius 3 is 0.975 bits per heavy atom. The number of hydrogen-bond acceptors (Lipinski definition) is 8. The number of rotatable bonds is 0. The van der Waals surface area contributed by atoms with E-state index in [9.17, 15) is 19.2 Å². The summed E-state index contributed by atoms with van der Waals surface area (Å²) in [4.78, 5) is 49.7. The smallest absolute Gasteiger partial charge is 0.343 e. The number of carbonyl (C=O) groups excluding carboxylic acids is 4. The normalized spacial score (nSPS) is 16.5. The summed E-state index contributed by atoms with van der Waals surface area (Å²) in [6.45, 7) is 0.709. The first-order chi connectivity index (χ1) is 19.5. The van der Waals surface area contributed by atoms with E-state index < -0.39 is 23.9 Å². The zero-order valence-electron chi connectivity index (χ0n) is 22.3. The van der Waals surface area contributed by atoms with Crippen LogP contribution in [0.4, 0.5) is 0 Å². The van der Waals surface area contributed by atoms with Crippen molar-refractivity contribution in [3.63, 3.8) is 0 Å². The van der Waals surface area contributed by atoms with Gasteiger partial charge in [0.2, 0.25) is 0 Å². The second-order valence-corrected chi connectivity index (χ2v) is 9.51. The van der Waals surface area contributed by atoms with Crippen LogP contribution >= 0.6 is 0 Å². The van der Waals surface area contributed by atoms with E-state index in [1.54, 1.807) is 24.3 Å². The second-order valence-electron chi connectivity index (χ2n) is 9.51. The zero-order chi connectivity index (χ0) is 28.2. The molecule has 0 atom stereocenters. The summed E-state index contributed by atoms with van der Waals surface area (Å²) >= 11 is 0. The molecule has 4 aliphatic heterocycles. The number of benzene rings is 3. The van der Waals surface area contributed by atoms with Gasteiger partial charge in [-0.25, -0.2) is 19.2 Å². The minimum absolute atomic E-state index is 0.238. The molecule has 8 heteroatoms. The van der Waals surface area contributed by atoms with Gasteiger partial charge in [-0.05, 0) is 85.6 Å². The first kappa shape index (κ1) is 28.5. The lowest BCUT2D eigenvalue weighted by Crippen LogP contribution is -2.12. The van der Waals surface area contributed by atoms with Crippen molar-refractivity contribution in [1.82, 2.24) is 0 Å². The second kappa shape index (κ2) is 14.6. The van der Waals surface area contributed by atoms with E-state index in [2.05, 4.69) is 0 Å². The van der Waals surface area contributed by atoms with Crippen LogP contribution in [0.2, 0.25) is 0 Å². The minimum atomic E-state index is -0.614. The Balaban J connectivity index is 1.41. The van der Waals surface area contributed by atoms with Gasteiger partial charge in [-0.3, -0.25) is 0 Å². The number of ether oxygens (including phenoxy) is 4. The van der Waals surface area contributed by atoms with E-state index in [4.69, 9.17) is 18.9 Å². The predicted molar refractivity (Wildman–Crippen MR) is 147 cm³/mol. The van der Waals surface area contributed by atoms with Crippen LogP contribution in [0.1, 0.15) is 92.8 Å². The van der Waals surface area contributed by atoms with Crippen molar-refractivity contribution in [1.29, 1.82) is 0 Å². The largest absolute Gasteiger partial charge is 0.462 e. The van der Waals surface area contributed by atoms with E-state index in [-0.39, 0.29) is 22.6 Å². The molecule has 0 radical (unpaired) electrons. The predicted octanol–water partition coefficient (Wildman–Crippen LogP) is 6.57. The van der Waals surface area contributed by atoms with Gasteiger partial charge in [-0.1, -0.05) is 38.5 Å². The van der Waals surface area contributed by atoms with Crippen LogP contribution in [0.15, 0.2) is 72.8 Å². The number of hydrogen-bond donors (Lipinski definition) is 0. The average molecular weight is 545 g/mol. The van der Waals surface area contributed by atoms with E-state index >= 15 is 0 Å². The quantitative estimate of drug-likeness (QED) is 0.231. The van der Waals surface area contributed by atoms with Gasteiger partial charge in [-0.2, -0.15) is 0 Å². The minimum Gasteiger partial charge on any atom is -0.462 e. The fourth-order valence-electron chi connectivity index (χ4n) is 4.15. The van der Waals surface area contributed by atoms with Crippen LogP contribution in [-0.4, -0.2) is 37.1 Å². The summed E-state index contributed by atoms with van der Waals surface area (Å²) in [6.07, 6.45) is 7.92. The molecule has 7 rings (SSSR count). The van der Waals surface area contributed by atoms with Crippen LogP contribution < -0.4 is 9.47 Å². The first-order valence-electron chi connectivity index (χ1n) is 13.6. The van der Waals surface area contributed by atoms with Crippen molar-refractivity contribution in [2.75, 3.05) is 13.2 Å². The number of esters is 4. The van der Waals surface area contributed by atoms with Crippen LogP contribution in [0.25, 0.3) is 0 Å². The highest BCUT2D eigenvalue weighted by Crippen LogP contribution is 2.18. The molecule has 0 aliphatic carbocycles. The molecule has 0 amide bonds. The molecule has 3 aromatic carbocycles. The molecule has 8 nitrogen and oxygen atoms in total. The molecule has 0 unspecified atom stereocenters. The van der Waals surface area contributed by atoms with Crippen molar-refractivity contribution in [2.45, 2.75) is 51.4 Å². The standard InChI is InChI=1S/C32H32O8/c33-29-23-13-17-27(18-14-23)39-31(35)25-9-11-26(12-10-25)32(36)40-28-19-15-24(16-20-28)30(34)38-22-8-6-4-2-1-3-5-7-21-37-29/h9-20H,1-8,21-22H2. The Morgan fingerprint density at radius 1 is 0.350 bits per heavy atom. The van der Waals surface area contributed by atoms with Gasteiger partial charge in [-0.15, -0.1) is 0 Å². The molecule has 0 N–H and O–H groups in total. The lowest BCUT2D eigenvalue weighted by atomic mass is 10.1. The Morgan fingerprint density at radius 2 is 0.625 bits per heavy atom. The molecule has 0 aromatic heterocycles. The van der Waals surface area contributed by atoms with Gasteiger partial charge in [0.15, 0.2) is 0 Å². The third kappa shape index (κ3) is 8.53. The molecule has 208 valence electrons. The first-order valence-corrected chi connectivity index (χ1v) is 13.6. The molecular weight excluding hydrogens is 512 g/mol. The summed E-state index contributed by atoms with van der Waals surface area (Å²) in [5, 5.41) is 0. The van der Waals surface area contributed by atoms with Crippen molar-refractivity contribution in [2.24, 2.45) is 0 Å². The van der Waals surface area contributed by atoms with Gasteiger partial charge in [0, 0.05) is 0 Å². The Hall–Kier alpha value is -4.46. The summed E-state index contributed by atoms with van der Waals surface area (Å²) in [6, 6.07) is 18.2. The Bertz CT molecular complexity index is 1190. The molecule has 0 spiro atoms. The monoisotopic (exact) mass is 544 g/mol. The average Bonchev–Trinajstić information content (AvgIpc) is 2.97. The fraction of sp³-hybridized carbons (Fsp3) is 0.312. The van der Waals surface area contributed by atoms with E-state index in [0.29, 0.717) is 24.3 Å². The Labute approximate surface area is 233 Å². The highest BCUT2D eigenvalue weighted by Gasteiger charge is 2.14. The van der Waals surface area contributed by atoms with Gasteiger partial charge in [0.25, 0.3) is 0 Å². The molecule has 0 fully saturated rings. The SMILES string of the molecule is O=C1OCCCCCCCCCCOC(=O)c2ccc(cc2)OC(=O)c2ccc(cc2)C(=O)Oc2ccc1cc2. The van der Waals surface area contributed by atoms with Gasteiger partial charge in [0.05, 0.1) is 35.5 Å². The molecule has 3 aromatic rings. The molecule has 0 saturated carbocycles. The highest BCUT2D eigenvalue weighted by atomic mass is 16.5. The summed E-state index contributed by atoms with van der Waals surface area (Å²) in [7, 11) is 0. The maximum absolute atomic E-state index is 12.5. The lowest BCUT2D eigenvalue weighted by molar-refractivity contribution is 0.0487. The van der Waals surface area contributed by atoms with Crippen LogP contribution in [0, 0.1) is 0 Å². The van der Waals surface area contributed by atoms with E-state index in [1.807, 2.05) is 0 Å². The zero-order valence-corrected chi connectivity index (χ0v) is 22.3. The lowest BCUT2D eigenvalue weighted by Gasteiger charge is -2.09. The summed E-state index contributed by atoms with van der Waals surface area (Å²) in [5.74, 6) is -1.52. The molecule has 4 aliphatic rings. The van der Waals surface area contributed by atoms with Gasteiger partial charge < -0.3 is 18.9 Å². The van der Waals surface area contributed by atoms with E-state index in [0.717, 1.165) is 51.4 Å². The van der Waals surface area contributed by atoms with Crippen LogP contribution in [0.3, 0.4) is 0 Å². The third-order valence-electron chi connectivity index (χ3n) is 6.46. The topological polar surface area (TPSA) is 105 Å². The third-order valence-corrected chi connectivity index (χ3v) is 6.46. The van der Waals surface area contributed by atoms with Crippen molar-refractivity contribution in [3.05, 3.63) is 95.1 Å². The van der Waals surface area contributed by atoms with Crippen molar-refractivity contribution < 1.29 is 38.1 Å². The van der Waals surface area contributed by atoms with E-state index in [1.165, 1.54) is 48.5 Å². The molecule has 6 bridgehead atoms. The molecule has 4 heterocycles. The van der Waals surface area contributed by atoms with Crippen LogP contribution in [0.5, 0.6) is 11.5 Å².